The van der Waals surface area contributed by atoms with Gasteiger partial charge in [0.05, 0.1) is 11.6 Å². The zero-order chi connectivity index (χ0) is 15.1. The molecule has 1 heterocycles. The second-order valence-electron chi connectivity index (χ2n) is 5.23. The molecule has 1 unspecified atom stereocenters. The van der Waals surface area contributed by atoms with Gasteiger partial charge in [-0.15, -0.1) is 0 Å². The van der Waals surface area contributed by atoms with Crippen molar-refractivity contribution < 1.29 is 14.3 Å². The zero-order valence-corrected chi connectivity index (χ0v) is 12.2. The molecular formula is C16H20N2O3. The van der Waals surface area contributed by atoms with Gasteiger partial charge in [0.2, 0.25) is 0 Å². The highest BCUT2D eigenvalue weighted by molar-refractivity contribution is 5.77. The largest absolute Gasteiger partial charge is 0.484 e. The Morgan fingerprint density at radius 2 is 2.10 bits per heavy atom. The molecule has 1 saturated heterocycles. The summed E-state index contributed by atoms with van der Waals surface area (Å²) in [4.78, 5) is 11.9. The van der Waals surface area contributed by atoms with Crippen LogP contribution in [0.1, 0.15) is 25.3 Å². The van der Waals surface area contributed by atoms with Gasteiger partial charge < -0.3 is 14.8 Å². The van der Waals surface area contributed by atoms with Crippen molar-refractivity contribution in [2.24, 2.45) is 5.92 Å². The Morgan fingerprint density at radius 1 is 1.43 bits per heavy atom. The molecule has 1 aliphatic heterocycles. The van der Waals surface area contributed by atoms with Gasteiger partial charge in [0.1, 0.15) is 5.75 Å². The zero-order valence-electron chi connectivity index (χ0n) is 12.2. The Hall–Kier alpha value is -2.06. The van der Waals surface area contributed by atoms with Crippen molar-refractivity contribution in [3.05, 3.63) is 29.8 Å². The normalized spacial score (nSPS) is 16.8. The van der Waals surface area contributed by atoms with E-state index < -0.39 is 0 Å². The number of nitriles is 1. The summed E-state index contributed by atoms with van der Waals surface area (Å²) in [7, 11) is 0. The van der Waals surface area contributed by atoms with E-state index in [2.05, 4.69) is 5.32 Å². The van der Waals surface area contributed by atoms with Crippen LogP contribution >= 0.6 is 0 Å². The summed E-state index contributed by atoms with van der Waals surface area (Å²) in [5.41, 5.74) is 0.569. The highest BCUT2D eigenvalue weighted by Crippen LogP contribution is 2.18. The summed E-state index contributed by atoms with van der Waals surface area (Å²) >= 11 is 0. The van der Waals surface area contributed by atoms with Gasteiger partial charge in [0.25, 0.3) is 5.91 Å². The Balaban J connectivity index is 1.74. The predicted octanol–water partition coefficient (Wildman–Crippen LogP) is 1.87. The van der Waals surface area contributed by atoms with E-state index in [1.54, 1.807) is 24.3 Å². The van der Waals surface area contributed by atoms with Gasteiger partial charge in [-0.2, -0.15) is 5.26 Å². The molecule has 0 saturated carbocycles. The SMILES string of the molecule is CC(NC(=O)COc1ccc(C#N)cc1)C1CCOCC1. The van der Waals surface area contributed by atoms with Gasteiger partial charge in [0, 0.05) is 19.3 Å². The van der Waals surface area contributed by atoms with Crippen molar-refractivity contribution in [3.63, 3.8) is 0 Å². The fraction of sp³-hybridized carbons (Fsp3) is 0.500. The van der Waals surface area contributed by atoms with Gasteiger partial charge in [-0.3, -0.25) is 4.79 Å². The first-order chi connectivity index (χ1) is 10.2. The van der Waals surface area contributed by atoms with Crippen molar-refractivity contribution in [3.8, 4) is 11.8 Å². The van der Waals surface area contributed by atoms with Crippen LogP contribution in [0.2, 0.25) is 0 Å². The number of carbonyl (C=O) groups is 1. The molecule has 0 aliphatic carbocycles. The minimum atomic E-state index is -0.127. The fourth-order valence-corrected chi connectivity index (χ4v) is 2.40. The number of rotatable bonds is 5. The third-order valence-electron chi connectivity index (χ3n) is 3.72. The average molecular weight is 288 g/mol. The van der Waals surface area contributed by atoms with Gasteiger partial charge in [-0.1, -0.05) is 0 Å². The maximum atomic E-state index is 11.9. The van der Waals surface area contributed by atoms with E-state index in [1.165, 1.54) is 0 Å². The summed E-state index contributed by atoms with van der Waals surface area (Å²) in [6.07, 6.45) is 1.97. The molecule has 112 valence electrons. The van der Waals surface area contributed by atoms with Gasteiger partial charge >= 0.3 is 0 Å². The number of nitrogens with one attached hydrogen (secondary N) is 1. The number of hydrogen-bond acceptors (Lipinski definition) is 4. The number of benzene rings is 1. The minimum absolute atomic E-state index is 0.0144. The minimum Gasteiger partial charge on any atom is -0.484 e. The smallest absolute Gasteiger partial charge is 0.258 e. The molecule has 2 rings (SSSR count). The Kier molecular flexibility index (Phi) is 5.59. The van der Waals surface area contributed by atoms with E-state index in [0.717, 1.165) is 26.1 Å². The van der Waals surface area contributed by atoms with Crippen LogP contribution in [0.4, 0.5) is 0 Å². The van der Waals surface area contributed by atoms with Gasteiger partial charge in [-0.25, -0.2) is 0 Å². The lowest BCUT2D eigenvalue weighted by molar-refractivity contribution is -0.124. The summed E-state index contributed by atoms with van der Waals surface area (Å²) in [5.74, 6) is 0.929. The Labute approximate surface area is 124 Å². The molecule has 1 fully saturated rings. The predicted molar refractivity (Wildman–Crippen MR) is 77.8 cm³/mol. The van der Waals surface area contributed by atoms with E-state index in [1.807, 2.05) is 13.0 Å². The fourth-order valence-electron chi connectivity index (χ4n) is 2.40. The molecule has 1 aliphatic rings. The maximum Gasteiger partial charge on any atom is 0.258 e. The molecule has 0 radical (unpaired) electrons. The molecule has 5 heteroatoms. The quantitative estimate of drug-likeness (QED) is 0.898. The molecule has 1 aromatic rings. The van der Waals surface area contributed by atoms with Crippen LogP contribution in [-0.4, -0.2) is 31.8 Å². The Morgan fingerprint density at radius 3 is 2.71 bits per heavy atom. The van der Waals surface area contributed by atoms with Crippen molar-refractivity contribution in [1.82, 2.24) is 5.32 Å². The summed E-state index contributed by atoms with van der Waals surface area (Å²) in [6.45, 7) is 3.55. The van der Waals surface area contributed by atoms with Crippen LogP contribution in [0.25, 0.3) is 0 Å². The lowest BCUT2D eigenvalue weighted by Crippen LogP contribution is -2.42. The molecule has 1 aromatic carbocycles. The number of nitrogens with zero attached hydrogens (tertiary/aromatic N) is 1. The number of carbonyl (C=O) groups excluding carboxylic acids is 1. The summed E-state index contributed by atoms with van der Waals surface area (Å²) < 4.78 is 10.7. The van der Waals surface area contributed by atoms with Crippen LogP contribution in [0, 0.1) is 17.2 Å². The topological polar surface area (TPSA) is 71.3 Å². The second kappa shape index (κ2) is 7.65. The highest BCUT2D eigenvalue weighted by Gasteiger charge is 2.21. The van der Waals surface area contributed by atoms with E-state index in [9.17, 15) is 4.79 Å². The van der Waals surface area contributed by atoms with Gasteiger partial charge in [0.15, 0.2) is 6.61 Å². The number of hydrogen-bond donors (Lipinski definition) is 1. The van der Waals surface area contributed by atoms with Crippen molar-refractivity contribution in [2.45, 2.75) is 25.8 Å². The standard InChI is InChI=1S/C16H20N2O3/c1-12(14-6-8-20-9-7-14)18-16(19)11-21-15-4-2-13(10-17)3-5-15/h2-5,12,14H,6-9,11H2,1H3,(H,18,19). The first-order valence-electron chi connectivity index (χ1n) is 7.19. The molecule has 1 N–H and O–H groups in total. The van der Waals surface area contributed by atoms with Crippen molar-refractivity contribution in [1.29, 1.82) is 5.26 Å². The average Bonchev–Trinajstić information content (AvgIpc) is 2.54. The Bertz CT molecular complexity index is 501. The number of amides is 1. The van der Waals surface area contributed by atoms with Crippen LogP contribution in [0.15, 0.2) is 24.3 Å². The van der Waals surface area contributed by atoms with E-state index in [4.69, 9.17) is 14.7 Å². The summed E-state index contributed by atoms with van der Waals surface area (Å²) in [5, 5.41) is 11.7. The van der Waals surface area contributed by atoms with E-state index >= 15 is 0 Å². The first kappa shape index (κ1) is 15.3. The molecule has 0 spiro atoms. The monoisotopic (exact) mass is 288 g/mol. The molecule has 21 heavy (non-hydrogen) atoms. The van der Waals surface area contributed by atoms with Crippen LogP contribution in [-0.2, 0) is 9.53 Å². The van der Waals surface area contributed by atoms with E-state index in [-0.39, 0.29) is 18.6 Å². The van der Waals surface area contributed by atoms with Crippen molar-refractivity contribution >= 4 is 5.91 Å². The van der Waals surface area contributed by atoms with Crippen LogP contribution < -0.4 is 10.1 Å². The third-order valence-corrected chi connectivity index (χ3v) is 3.72. The lowest BCUT2D eigenvalue weighted by atomic mass is 9.93. The van der Waals surface area contributed by atoms with Crippen LogP contribution in [0.5, 0.6) is 5.75 Å². The van der Waals surface area contributed by atoms with Crippen molar-refractivity contribution in [2.75, 3.05) is 19.8 Å². The molecule has 1 atom stereocenters. The lowest BCUT2D eigenvalue weighted by Gasteiger charge is -2.28. The second-order valence-corrected chi connectivity index (χ2v) is 5.23. The number of ether oxygens (including phenoxy) is 2. The van der Waals surface area contributed by atoms with E-state index in [0.29, 0.717) is 17.2 Å². The van der Waals surface area contributed by atoms with Crippen LogP contribution in [0.3, 0.4) is 0 Å². The molecular weight excluding hydrogens is 268 g/mol. The molecule has 5 nitrogen and oxygen atoms in total. The third kappa shape index (κ3) is 4.76. The first-order valence-corrected chi connectivity index (χ1v) is 7.19. The molecule has 0 aromatic heterocycles. The highest BCUT2D eigenvalue weighted by atomic mass is 16.5. The maximum absolute atomic E-state index is 11.9. The molecule has 0 bridgehead atoms. The van der Waals surface area contributed by atoms with Gasteiger partial charge in [-0.05, 0) is 49.9 Å². The molecule has 1 amide bonds. The summed E-state index contributed by atoms with van der Waals surface area (Å²) in [6, 6.07) is 8.87.